The fourth-order valence-electron chi connectivity index (χ4n) is 2.19. The van der Waals surface area contributed by atoms with Crippen LogP contribution in [0.4, 0.5) is 0 Å². The van der Waals surface area contributed by atoms with E-state index in [1.807, 2.05) is 36.4 Å². The highest BCUT2D eigenvalue weighted by Gasteiger charge is 2.08. The first-order valence-electron chi connectivity index (χ1n) is 8.27. The fourth-order valence-corrected chi connectivity index (χ4v) is 2.19. The van der Waals surface area contributed by atoms with Crippen LogP contribution in [0.15, 0.2) is 48.5 Å². The molecule has 0 radical (unpaired) electrons. The van der Waals surface area contributed by atoms with E-state index in [2.05, 4.69) is 13.8 Å². The Labute approximate surface area is 138 Å². The molecule has 0 atom stereocenters. The van der Waals surface area contributed by atoms with Gasteiger partial charge in [-0.15, -0.1) is 0 Å². The topological polar surface area (TPSA) is 35.5 Å². The van der Waals surface area contributed by atoms with E-state index in [-0.39, 0.29) is 5.97 Å². The van der Waals surface area contributed by atoms with Crippen LogP contribution in [-0.4, -0.2) is 12.6 Å². The van der Waals surface area contributed by atoms with Crippen LogP contribution in [0.25, 0.3) is 0 Å². The Morgan fingerprint density at radius 2 is 1.52 bits per heavy atom. The zero-order valence-corrected chi connectivity index (χ0v) is 13.9. The smallest absolute Gasteiger partial charge is 0.343 e. The van der Waals surface area contributed by atoms with Gasteiger partial charge in [0.05, 0.1) is 12.2 Å². The summed E-state index contributed by atoms with van der Waals surface area (Å²) in [5.74, 6) is 0.990. The van der Waals surface area contributed by atoms with Crippen LogP contribution in [0.1, 0.15) is 49.0 Å². The lowest BCUT2D eigenvalue weighted by molar-refractivity contribution is 0.0734. The molecule has 0 aliphatic rings. The molecule has 0 saturated carbocycles. The quantitative estimate of drug-likeness (QED) is 0.389. The van der Waals surface area contributed by atoms with Crippen molar-refractivity contribution in [1.29, 1.82) is 0 Å². The van der Waals surface area contributed by atoms with Crippen molar-refractivity contribution < 1.29 is 14.3 Å². The lowest BCUT2D eigenvalue weighted by Gasteiger charge is -2.07. The third kappa shape index (κ3) is 5.44. The third-order valence-electron chi connectivity index (χ3n) is 3.65. The molecule has 0 N–H and O–H groups in total. The Morgan fingerprint density at radius 1 is 0.870 bits per heavy atom. The molecule has 0 unspecified atom stereocenters. The Kier molecular flexibility index (Phi) is 6.67. The summed E-state index contributed by atoms with van der Waals surface area (Å²) in [5.41, 5.74) is 1.74. The third-order valence-corrected chi connectivity index (χ3v) is 3.65. The second kappa shape index (κ2) is 8.99. The van der Waals surface area contributed by atoms with Gasteiger partial charge in [-0.25, -0.2) is 4.79 Å². The number of carbonyl (C=O) groups is 1. The van der Waals surface area contributed by atoms with Crippen molar-refractivity contribution in [2.24, 2.45) is 0 Å². The summed E-state index contributed by atoms with van der Waals surface area (Å²) < 4.78 is 11.0. The molecule has 0 fully saturated rings. The van der Waals surface area contributed by atoms with Crippen molar-refractivity contribution in [3.8, 4) is 11.5 Å². The molecule has 0 spiro atoms. The predicted molar refractivity (Wildman–Crippen MR) is 92.2 cm³/mol. The largest absolute Gasteiger partial charge is 0.494 e. The van der Waals surface area contributed by atoms with Crippen molar-refractivity contribution in [3.63, 3.8) is 0 Å². The van der Waals surface area contributed by atoms with Gasteiger partial charge in [0.25, 0.3) is 0 Å². The molecule has 3 heteroatoms. The van der Waals surface area contributed by atoms with Gasteiger partial charge in [0, 0.05) is 0 Å². The maximum atomic E-state index is 12.1. The monoisotopic (exact) mass is 312 g/mol. The molecule has 0 aliphatic heterocycles. The van der Waals surface area contributed by atoms with Crippen LogP contribution in [-0.2, 0) is 6.42 Å². The summed E-state index contributed by atoms with van der Waals surface area (Å²) >= 11 is 0. The molecular formula is C20H24O3. The van der Waals surface area contributed by atoms with E-state index >= 15 is 0 Å². The van der Waals surface area contributed by atoms with Crippen molar-refractivity contribution >= 4 is 5.97 Å². The second-order valence-corrected chi connectivity index (χ2v) is 5.47. The van der Waals surface area contributed by atoms with E-state index < -0.39 is 0 Å². The number of hydrogen-bond donors (Lipinski definition) is 0. The van der Waals surface area contributed by atoms with Crippen molar-refractivity contribution in [3.05, 3.63) is 59.7 Å². The summed E-state index contributed by atoms with van der Waals surface area (Å²) in [7, 11) is 0. The zero-order valence-electron chi connectivity index (χ0n) is 13.9. The summed E-state index contributed by atoms with van der Waals surface area (Å²) in [4.78, 5) is 12.1. The molecule has 0 amide bonds. The summed E-state index contributed by atoms with van der Waals surface area (Å²) in [6.07, 6.45) is 4.36. The molecule has 0 heterocycles. The molecule has 2 rings (SSSR count). The van der Waals surface area contributed by atoms with Gasteiger partial charge in [0.2, 0.25) is 0 Å². The second-order valence-electron chi connectivity index (χ2n) is 5.47. The average Bonchev–Trinajstić information content (AvgIpc) is 2.60. The first-order valence-corrected chi connectivity index (χ1v) is 8.27. The number of hydrogen-bond acceptors (Lipinski definition) is 3. The van der Waals surface area contributed by atoms with Crippen molar-refractivity contribution in [1.82, 2.24) is 0 Å². The number of aryl methyl sites for hydroxylation is 1. The highest BCUT2D eigenvalue weighted by molar-refractivity contribution is 5.91. The molecule has 122 valence electrons. The molecule has 2 aromatic rings. The van der Waals surface area contributed by atoms with E-state index in [0.717, 1.165) is 18.6 Å². The van der Waals surface area contributed by atoms with Crippen LogP contribution in [0, 0.1) is 0 Å². The van der Waals surface area contributed by atoms with E-state index in [4.69, 9.17) is 9.47 Å². The summed E-state index contributed by atoms with van der Waals surface area (Å²) in [6.45, 7) is 4.96. The summed E-state index contributed by atoms with van der Waals surface area (Å²) in [6, 6.07) is 14.7. The van der Waals surface area contributed by atoms with Gasteiger partial charge in [-0.1, -0.05) is 38.8 Å². The van der Waals surface area contributed by atoms with Gasteiger partial charge in [0.15, 0.2) is 0 Å². The Morgan fingerprint density at radius 3 is 2.13 bits per heavy atom. The lowest BCUT2D eigenvalue weighted by Crippen LogP contribution is -2.08. The van der Waals surface area contributed by atoms with E-state index in [9.17, 15) is 4.79 Å². The highest BCUT2D eigenvalue weighted by Crippen LogP contribution is 2.17. The molecule has 3 nitrogen and oxygen atoms in total. The Bertz CT molecular complexity index is 600. The number of ether oxygens (including phenoxy) is 2. The number of unbranched alkanes of at least 4 members (excludes halogenated alkanes) is 2. The van der Waals surface area contributed by atoms with Crippen LogP contribution in [0.5, 0.6) is 11.5 Å². The minimum Gasteiger partial charge on any atom is -0.494 e. The van der Waals surface area contributed by atoms with Crippen LogP contribution >= 0.6 is 0 Å². The lowest BCUT2D eigenvalue weighted by atomic mass is 10.2. The molecule has 23 heavy (non-hydrogen) atoms. The van der Waals surface area contributed by atoms with Gasteiger partial charge in [0.1, 0.15) is 11.5 Å². The van der Waals surface area contributed by atoms with Gasteiger partial charge in [-0.2, -0.15) is 0 Å². The Hall–Kier alpha value is -2.29. The zero-order chi connectivity index (χ0) is 16.5. The van der Waals surface area contributed by atoms with Crippen LogP contribution < -0.4 is 9.47 Å². The standard InChI is InChI=1S/C20H24O3/c1-3-5-6-15-22-18-13-9-17(10-14-18)20(21)23-19-11-7-16(4-2)8-12-19/h7-14H,3-6,15H2,1-2H3. The van der Waals surface area contributed by atoms with E-state index in [1.165, 1.54) is 18.4 Å². The Balaban J connectivity index is 1.88. The maximum Gasteiger partial charge on any atom is 0.343 e. The van der Waals surface area contributed by atoms with Gasteiger partial charge in [-0.05, 0) is 54.8 Å². The van der Waals surface area contributed by atoms with Gasteiger partial charge >= 0.3 is 5.97 Å². The van der Waals surface area contributed by atoms with Crippen LogP contribution in [0.2, 0.25) is 0 Å². The molecule has 0 aromatic heterocycles. The van der Waals surface area contributed by atoms with Crippen molar-refractivity contribution in [2.75, 3.05) is 6.61 Å². The van der Waals surface area contributed by atoms with Gasteiger partial charge < -0.3 is 9.47 Å². The van der Waals surface area contributed by atoms with Gasteiger partial charge in [-0.3, -0.25) is 0 Å². The van der Waals surface area contributed by atoms with E-state index in [1.54, 1.807) is 12.1 Å². The number of carbonyl (C=O) groups excluding carboxylic acids is 1. The molecule has 2 aromatic carbocycles. The van der Waals surface area contributed by atoms with Crippen molar-refractivity contribution in [2.45, 2.75) is 39.5 Å². The fraction of sp³-hybridized carbons (Fsp3) is 0.350. The number of esters is 1. The minimum atomic E-state index is -0.355. The summed E-state index contributed by atoms with van der Waals surface area (Å²) in [5, 5.41) is 0. The molecule has 0 aliphatic carbocycles. The first-order chi connectivity index (χ1) is 11.2. The molecule has 0 bridgehead atoms. The number of rotatable bonds is 8. The predicted octanol–water partition coefficient (Wildman–Crippen LogP) is 5.04. The molecular weight excluding hydrogens is 288 g/mol. The minimum absolute atomic E-state index is 0.355. The normalized spacial score (nSPS) is 10.3. The van der Waals surface area contributed by atoms with E-state index in [0.29, 0.717) is 17.9 Å². The maximum absolute atomic E-state index is 12.1. The highest BCUT2D eigenvalue weighted by atomic mass is 16.5. The SMILES string of the molecule is CCCCCOc1ccc(C(=O)Oc2ccc(CC)cc2)cc1. The van der Waals surface area contributed by atoms with Crippen LogP contribution in [0.3, 0.4) is 0 Å². The first kappa shape index (κ1) is 17.1. The average molecular weight is 312 g/mol. The molecule has 0 saturated heterocycles. The number of benzene rings is 2.